The van der Waals surface area contributed by atoms with Gasteiger partial charge in [0.15, 0.2) is 0 Å². The van der Waals surface area contributed by atoms with Crippen LogP contribution in [0.25, 0.3) is 11.1 Å². The monoisotopic (exact) mass is 433 g/mol. The topological polar surface area (TPSA) is 97.3 Å². The maximum atomic E-state index is 13.8. The first-order chi connectivity index (χ1) is 14.8. The summed E-state index contributed by atoms with van der Waals surface area (Å²) >= 11 is 0. The lowest BCUT2D eigenvalue weighted by atomic mass is 9.96. The Morgan fingerprint density at radius 1 is 1.19 bits per heavy atom. The molecule has 0 aromatic heterocycles. The van der Waals surface area contributed by atoms with Gasteiger partial charge in [0.05, 0.1) is 6.10 Å². The molecule has 3 rings (SSSR count). The highest BCUT2D eigenvalue weighted by Crippen LogP contribution is 2.32. The molecule has 2 aromatic carbocycles. The number of methoxy groups -OCH3 is 1. The van der Waals surface area contributed by atoms with E-state index in [1.54, 1.807) is 44.3 Å². The van der Waals surface area contributed by atoms with Crippen LogP contribution < -0.4 is 10.1 Å². The van der Waals surface area contributed by atoms with Crippen molar-refractivity contribution in [2.75, 3.05) is 14.2 Å². The van der Waals surface area contributed by atoms with E-state index in [0.717, 1.165) is 5.56 Å². The first-order valence-electron chi connectivity index (χ1n) is 10.1. The van der Waals surface area contributed by atoms with E-state index in [2.05, 4.69) is 5.32 Å². The molecule has 0 aliphatic carbocycles. The van der Waals surface area contributed by atoms with Crippen molar-refractivity contribution in [3.63, 3.8) is 0 Å². The molecule has 168 valence electrons. The second-order valence-corrected chi connectivity index (χ2v) is 7.51. The number of aliphatic hydroxyl groups excluding tert-OH is 2. The average Bonchev–Trinajstić information content (AvgIpc) is 2.76. The minimum Gasteiger partial charge on any atom is -0.462 e. The molecule has 0 spiro atoms. The molecule has 1 saturated heterocycles. The first kappa shape index (κ1) is 23.1. The van der Waals surface area contributed by atoms with Crippen LogP contribution in [0.15, 0.2) is 42.5 Å². The predicted octanol–water partition coefficient (Wildman–Crippen LogP) is 2.03. The molecule has 8 heteroatoms. The number of carbonyl (C=O) groups is 1. The summed E-state index contributed by atoms with van der Waals surface area (Å²) in [7, 11) is 3.01. The van der Waals surface area contributed by atoms with Gasteiger partial charge >= 0.3 is 0 Å². The fourth-order valence-electron chi connectivity index (χ4n) is 3.71. The van der Waals surface area contributed by atoms with Crippen molar-refractivity contribution >= 4 is 5.91 Å². The molecule has 1 fully saturated rings. The van der Waals surface area contributed by atoms with Crippen LogP contribution in [-0.2, 0) is 20.7 Å². The van der Waals surface area contributed by atoms with Crippen LogP contribution in [0.4, 0.5) is 4.39 Å². The zero-order valence-corrected chi connectivity index (χ0v) is 17.7. The number of aryl methyl sites for hydroxylation is 1. The molecule has 1 aliphatic heterocycles. The Morgan fingerprint density at radius 2 is 1.97 bits per heavy atom. The zero-order valence-electron chi connectivity index (χ0n) is 17.7. The SMILES string of the molecule is CNC(=O)CCc1ccc(O[C@@H]2O[C@@H](C)[C@H](OC)[C@@H](O)[C@H]2O)cc1-c1cccc(F)c1. The second-order valence-electron chi connectivity index (χ2n) is 7.51. The average molecular weight is 433 g/mol. The smallest absolute Gasteiger partial charge is 0.229 e. The van der Waals surface area contributed by atoms with Gasteiger partial charge in [-0.25, -0.2) is 4.39 Å². The van der Waals surface area contributed by atoms with E-state index in [1.807, 2.05) is 0 Å². The maximum Gasteiger partial charge on any atom is 0.229 e. The molecule has 1 aliphatic rings. The number of rotatable bonds is 7. The molecule has 5 atom stereocenters. The summed E-state index contributed by atoms with van der Waals surface area (Å²) in [5.41, 5.74) is 2.18. The van der Waals surface area contributed by atoms with Gasteiger partial charge in [0.25, 0.3) is 0 Å². The summed E-state index contributed by atoms with van der Waals surface area (Å²) < 4.78 is 30.6. The Morgan fingerprint density at radius 3 is 2.65 bits per heavy atom. The minimum atomic E-state index is -1.31. The number of hydrogen-bond acceptors (Lipinski definition) is 6. The standard InChI is InChI=1S/C23H28FNO6/c1-13-22(29-3)20(27)21(28)23(30-13)31-17-9-7-14(8-10-19(26)25-2)18(12-17)15-5-4-6-16(24)11-15/h4-7,9,11-13,20-23,27-28H,8,10H2,1-3H3,(H,25,26)/t13-,20-,21+,22-,23-/m0/s1. The van der Waals surface area contributed by atoms with Crippen molar-refractivity contribution in [1.82, 2.24) is 5.32 Å². The Bertz CT molecular complexity index is 907. The number of aliphatic hydroxyl groups is 2. The van der Waals surface area contributed by atoms with Crippen LogP contribution >= 0.6 is 0 Å². The van der Waals surface area contributed by atoms with E-state index < -0.39 is 30.7 Å². The van der Waals surface area contributed by atoms with E-state index in [4.69, 9.17) is 14.2 Å². The van der Waals surface area contributed by atoms with Crippen molar-refractivity contribution in [3.8, 4) is 16.9 Å². The van der Waals surface area contributed by atoms with E-state index in [0.29, 0.717) is 23.3 Å². The van der Waals surface area contributed by atoms with Crippen molar-refractivity contribution in [3.05, 3.63) is 53.8 Å². The van der Waals surface area contributed by atoms with Crippen LogP contribution in [0.3, 0.4) is 0 Å². The lowest BCUT2D eigenvalue weighted by molar-refractivity contribution is -0.272. The van der Waals surface area contributed by atoms with E-state index >= 15 is 0 Å². The predicted molar refractivity (Wildman–Crippen MR) is 112 cm³/mol. The molecule has 31 heavy (non-hydrogen) atoms. The van der Waals surface area contributed by atoms with Crippen LogP contribution in [0.2, 0.25) is 0 Å². The Kier molecular flexibility index (Phi) is 7.61. The normalized spacial score (nSPS) is 25.8. The van der Waals surface area contributed by atoms with Gasteiger partial charge in [-0.3, -0.25) is 4.79 Å². The van der Waals surface area contributed by atoms with Crippen LogP contribution in [0.1, 0.15) is 18.9 Å². The highest BCUT2D eigenvalue weighted by molar-refractivity contribution is 5.77. The van der Waals surface area contributed by atoms with Gasteiger partial charge in [-0.15, -0.1) is 0 Å². The molecule has 0 bridgehead atoms. The van der Waals surface area contributed by atoms with Gasteiger partial charge in [-0.1, -0.05) is 18.2 Å². The second kappa shape index (κ2) is 10.2. The fourth-order valence-corrected chi connectivity index (χ4v) is 3.71. The molecular formula is C23H28FNO6. The number of hydrogen-bond donors (Lipinski definition) is 3. The molecule has 0 saturated carbocycles. The molecule has 2 aromatic rings. The van der Waals surface area contributed by atoms with Gasteiger partial charge in [-0.2, -0.15) is 0 Å². The summed E-state index contributed by atoms with van der Waals surface area (Å²) in [6.07, 6.45) is -4.02. The number of amides is 1. The maximum absolute atomic E-state index is 13.8. The number of ether oxygens (including phenoxy) is 3. The third-order valence-electron chi connectivity index (χ3n) is 5.42. The largest absolute Gasteiger partial charge is 0.462 e. The molecule has 0 radical (unpaired) electrons. The zero-order chi connectivity index (χ0) is 22.5. The van der Waals surface area contributed by atoms with Crippen molar-refractivity contribution < 1.29 is 33.6 Å². The van der Waals surface area contributed by atoms with Crippen molar-refractivity contribution in [1.29, 1.82) is 0 Å². The van der Waals surface area contributed by atoms with Crippen molar-refractivity contribution in [2.24, 2.45) is 0 Å². The van der Waals surface area contributed by atoms with Gasteiger partial charge in [0.1, 0.15) is 29.9 Å². The quantitative estimate of drug-likeness (QED) is 0.618. The summed E-state index contributed by atoms with van der Waals surface area (Å²) in [5.74, 6) is -0.100. The third kappa shape index (κ3) is 5.40. The van der Waals surface area contributed by atoms with E-state index in [1.165, 1.54) is 19.2 Å². The highest BCUT2D eigenvalue weighted by atomic mass is 19.1. The van der Waals surface area contributed by atoms with Crippen LogP contribution in [-0.4, -0.2) is 61.0 Å². The van der Waals surface area contributed by atoms with Gasteiger partial charge in [0, 0.05) is 20.6 Å². The summed E-state index contributed by atoms with van der Waals surface area (Å²) in [6.45, 7) is 1.72. The van der Waals surface area contributed by atoms with Crippen molar-refractivity contribution in [2.45, 2.75) is 50.5 Å². The lowest BCUT2D eigenvalue weighted by Gasteiger charge is -2.40. The van der Waals surface area contributed by atoms with Crippen LogP contribution in [0, 0.1) is 5.82 Å². The summed E-state index contributed by atoms with van der Waals surface area (Å²) in [6, 6.07) is 11.3. The highest BCUT2D eigenvalue weighted by Gasteiger charge is 2.44. The first-order valence-corrected chi connectivity index (χ1v) is 10.1. The lowest BCUT2D eigenvalue weighted by Crippen LogP contribution is -2.58. The Balaban J connectivity index is 1.88. The summed E-state index contributed by atoms with van der Waals surface area (Å²) in [5, 5.41) is 23.3. The van der Waals surface area contributed by atoms with E-state index in [9.17, 15) is 19.4 Å². The Hall–Kier alpha value is -2.52. The number of benzene rings is 2. The number of halogens is 1. The molecule has 1 amide bonds. The molecular weight excluding hydrogens is 405 g/mol. The number of nitrogens with one attached hydrogen (secondary N) is 1. The molecule has 7 nitrogen and oxygen atoms in total. The molecule has 0 unspecified atom stereocenters. The summed E-state index contributed by atoms with van der Waals surface area (Å²) in [4.78, 5) is 11.7. The van der Waals surface area contributed by atoms with Gasteiger partial charge in [-0.05, 0) is 54.3 Å². The Labute approximate surface area is 180 Å². The number of carbonyl (C=O) groups excluding carboxylic acids is 1. The molecule has 3 N–H and O–H groups in total. The third-order valence-corrected chi connectivity index (χ3v) is 5.42. The van der Waals surface area contributed by atoms with Crippen LogP contribution in [0.5, 0.6) is 5.75 Å². The minimum absolute atomic E-state index is 0.0973. The van der Waals surface area contributed by atoms with E-state index in [-0.39, 0.29) is 18.1 Å². The van der Waals surface area contributed by atoms with Gasteiger partial charge in [0.2, 0.25) is 12.2 Å². The fraction of sp³-hybridized carbons (Fsp3) is 0.435. The van der Waals surface area contributed by atoms with Gasteiger partial charge < -0.3 is 29.7 Å². The molecule has 1 heterocycles.